The number of nitrogens with zero attached hydrogens (tertiary/aromatic N) is 3. The number of carbonyl (C=O) groups is 1. The maximum Gasteiger partial charge on any atom is 0.232 e. The minimum absolute atomic E-state index is 0.0191. The van der Waals surface area contributed by atoms with Gasteiger partial charge in [-0.1, -0.05) is 23.4 Å². The van der Waals surface area contributed by atoms with Gasteiger partial charge >= 0.3 is 0 Å². The monoisotopic (exact) mass is 405 g/mol. The molecule has 1 amide bonds. The zero-order valence-electron chi connectivity index (χ0n) is 13.6. The first-order valence-corrected chi connectivity index (χ1v) is 10.7. The molecule has 0 aromatic heterocycles. The minimum Gasteiger partial charge on any atom is -0.348 e. The number of carbonyl (C=O) groups excluding carboxylic acids is 1. The van der Waals surface area contributed by atoms with Crippen LogP contribution in [0.3, 0.4) is 0 Å². The number of fused-ring (bicyclic) bond motifs is 1. The van der Waals surface area contributed by atoms with Crippen molar-refractivity contribution in [1.29, 1.82) is 0 Å². The summed E-state index contributed by atoms with van der Waals surface area (Å²) < 4.78 is 37.4. The number of benzene rings is 1. The molecule has 0 spiro atoms. The van der Waals surface area contributed by atoms with E-state index >= 15 is 0 Å². The Kier molecular flexibility index (Phi) is 5.00. The summed E-state index contributed by atoms with van der Waals surface area (Å²) in [6, 6.07) is 3.49. The highest BCUT2D eigenvalue weighted by molar-refractivity contribution is 8.14. The summed E-state index contributed by atoms with van der Waals surface area (Å²) >= 11 is 7.12. The number of aliphatic imine (C=N–C) groups is 1. The number of rotatable bonds is 3. The average molecular weight is 406 g/mol. The van der Waals surface area contributed by atoms with Crippen LogP contribution < -0.4 is 4.90 Å². The third-order valence-corrected chi connectivity index (χ3v) is 7.05. The van der Waals surface area contributed by atoms with E-state index in [-0.39, 0.29) is 40.3 Å². The van der Waals surface area contributed by atoms with Gasteiger partial charge in [0.1, 0.15) is 5.82 Å². The van der Waals surface area contributed by atoms with Gasteiger partial charge in [0.25, 0.3) is 0 Å². The van der Waals surface area contributed by atoms with Crippen molar-refractivity contribution in [2.75, 3.05) is 36.3 Å². The van der Waals surface area contributed by atoms with Crippen molar-refractivity contribution in [1.82, 2.24) is 4.90 Å². The highest BCUT2D eigenvalue weighted by Gasteiger charge is 2.47. The Hall–Kier alpha value is -1.32. The summed E-state index contributed by atoms with van der Waals surface area (Å²) in [4.78, 5) is 19.6. The molecule has 0 saturated carbocycles. The van der Waals surface area contributed by atoms with Crippen LogP contribution in [0.1, 0.15) is 0 Å². The number of hydrogen-bond donors (Lipinski definition) is 0. The van der Waals surface area contributed by atoms with Gasteiger partial charge in [0.2, 0.25) is 5.91 Å². The number of amidine groups is 1. The molecule has 25 heavy (non-hydrogen) atoms. The van der Waals surface area contributed by atoms with Crippen LogP contribution in [0.2, 0.25) is 5.02 Å². The van der Waals surface area contributed by atoms with Crippen molar-refractivity contribution in [2.24, 2.45) is 4.99 Å². The van der Waals surface area contributed by atoms with Gasteiger partial charge in [0.05, 0.1) is 34.4 Å². The molecule has 2 aliphatic rings. The Morgan fingerprint density at radius 1 is 1.44 bits per heavy atom. The highest BCUT2D eigenvalue weighted by Crippen LogP contribution is 2.36. The molecular formula is C15H17ClFN3O3S2. The summed E-state index contributed by atoms with van der Waals surface area (Å²) in [6.07, 6.45) is 0. The van der Waals surface area contributed by atoms with E-state index in [4.69, 9.17) is 11.6 Å². The standard InChI is InChI=1S/C15H17ClFN3O3S2/c1-19(2)14(21)6-24-15-18-12-7-25(22,23)8-13(12)20(15)9-3-4-11(17)10(16)5-9/h3-5,12-13H,6-8H2,1-2H3/t12-,13+/m0/s1. The molecule has 1 aromatic carbocycles. The van der Waals surface area contributed by atoms with Crippen molar-refractivity contribution < 1.29 is 17.6 Å². The zero-order valence-corrected chi connectivity index (χ0v) is 16.0. The predicted octanol–water partition coefficient (Wildman–Crippen LogP) is 1.64. The lowest BCUT2D eigenvalue weighted by Crippen LogP contribution is -2.39. The molecule has 1 aromatic rings. The third kappa shape index (κ3) is 3.78. The first-order valence-electron chi connectivity index (χ1n) is 7.53. The number of anilines is 1. The Morgan fingerprint density at radius 3 is 2.80 bits per heavy atom. The molecule has 0 bridgehead atoms. The van der Waals surface area contributed by atoms with E-state index in [1.807, 2.05) is 0 Å². The molecule has 2 atom stereocenters. The van der Waals surface area contributed by atoms with Gasteiger partial charge in [0, 0.05) is 19.8 Å². The van der Waals surface area contributed by atoms with Crippen molar-refractivity contribution in [2.45, 2.75) is 12.1 Å². The fraction of sp³-hybridized carbons (Fsp3) is 0.467. The Morgan fingerprint density at radius 2 is 2.16 bits per heavy atom. The van der Waals surface area contributed by atoms with E-state index in [2.05, 4.69) is 4.99 Å². The minimum atomic E-state index is -3.17. The summed E-state index contributed by atoms with van der Waals surface area (Å²) in [6.45, 7) is 0. The van der Waals surface area contributed by atoms with Crippen LogP contribution in [0.15, 0.2) is 23.2 Å². The molecule has 2 aliphatic heterocycles. The molecule has 0 aliphatic carbocycles. The maximum atomic E-state index is 13.5. The quantitative estimate of drug-likeness (QED) is 0.764. The maximum absolute atomic E-state index is 13.5. The second-order valence-electron chi connectivity index (χ2n) is 6.17. The molecule has 1 saturated heterocycles. The lowest BCUT2D eigenvalue weighted by Gasteiger charge is -2.26. The van der Waals surface area contributed by atoms with Crippen LogP contribution in [0.4, 0.5) is 10.1 Å². The molecule has 136 valence electrons. The number of amides is 1. The summed E-state index contributed by atoms with van der Waals surface area (Å²) in [5.41, 5.74) is 0.569. The van der Waals surface area contributed by atoms with E-state index in [9.17, 15) is 17.6 Å². The van der Waals surface area contributed by atoms with Crippen molar-refractivity contribution >= 4 is 50.0 Å². The van der Waals surface area contributed by atoms with Gasteiger partial charge < -0.3 is 9.80 Å². The van der Waals surface area contributed by atoms with Crippen LogP contribution in [-0.2, 0) is 14.6 Å². The summed E-state index contributed by atoms with van der Waals surface area (Å²) in [7, 11) is 0.157. The Labute approximate surface area is 154 Å². The molecule has 1 fully saturated rings. The fourth-order valence-electron chi connectivity index (χ4n) is 2.83. The van der Waals surface area contributed by atoms with Crippen molar-refractivity contribution in [3.05, 3.63) is 29.0 Å². The summed E-state index contributed by atoms with van der Waals surface area (Å²) in [5, 5.41) is 0.512. The molecular weight excluding hydrogens is 389 g/mol. The van der Waals surface area contributed by atoms with Crippen LogP contribution in [-0.4, -0.2) is 67.8 Å². The second kappa shape index (κ2) is 6.77. The molecule has 10 heteroatoms. The normalized spacial score (nSPS) is 24.2. The van der Waals surface area contributed by atoms with Crippen LogP contribution >= 0.6 is 23.4 Å². The van der Waals surface area contributed by atoms with Gasteiger partial charge in [-0.25, -0.2) is 12.8 Å². The number of thioether (sulfide) groups is 1. The number of sulfone groups is 1. The van der Waals surface area contributed by atoms with E-state index in [0.717, 1.165) is 0 Å². The fourth-order valence-corrected chi connectivity index (χ4v) is 5.95. The third-order valence-electron chi connectivity index (χ3n) is 4.11. The lowest BCUT2D eigenvalue weighted by atomic mass is 10.1. The van der Waals surface area contributed by atoms with Gasteiger partial charge in [-0.3, -0.25) is 9.79 Å². The Balaban J connectivity index is 1.91. The largest absolute Gasteiger partial charge is 0.348 e. The first-order chi connectivity index (χ1) is 11.7. The lowest BCUT2D eigenvalue weighted by molar-refractivity contribution is -0.125. The molecule has 2 heterocycles. The molecule has 6 nitrogen and oxygen atoms in total. The van der Waals surface area contributed by atoms with E-state index < -0.39 is 15.7 Å². The highest BCUT2D eigenvalue weighted by atomic mass is 35.5. The molecule has 0 unspecified atom stereocenters. The predicted molar refractivity (Wildman–Crippen MR) is 98.7 cm³/mol. The van der Waals surface area contributed by atoms with E-state index in [0.29, 0.717) is 10.9 Å². The topological polar surface area (TPSA) is 70.0 Å². The molecule has 0 radical (unpaired) electrons. The smallest absolute Gasteiger partial charge is 0.232 e. The van der Waals surface area contributed by atoms with Crippen LogP contribution in [0.5, 0.6) is 0 Å². The number of hydrogen-bond acceptors (Lipinski definition) is 6. The van der Waals surface area contributed by atoms with E-state index in [1.165, 1.54) is 28.8 Å². The van der Waals surface area contributed by atoms with Crippen LogP contribution in [0, 0.1) is 5.82 Å². The molecule has 0 N–H and O–H groups in total. The SMILES string of the molecule is CN(C)C(=O)CSC1=N[C@H]2CS(=O)(=O)C[C@H]2N1c1ccc(F)c(Cl)c1. The van der Waals surface area contributed by atoms with Crippen LogP contribution in [0.25, 0.3) is 0 Å². The number of halogens is 2. The Bertz CT molecular complexity index is 844. The van der Waals surface area contributed by atoms with Gasteiger partial charge in [-0.05, 0) is 18.2 Å². The first kappa shape index (κ1) is 18.5. The zero-order chi connectivity index (χ0) is 18.4. The van der Waals surface area contributed by atoms with Crippen molar-refractivity contribution in [3.63, 3.8) is 0 Å². The van der Waals surface area contributed by atoms with Gasteiger partial charge in [-0.15, -0.1) is 0 Å². The van der Waals surface area contributed by atoms with E-state index in [1.54, 1.807) is 25.1 Å². The van der Waals surface area contributed by atoms with Gasteiger partial charge in [0.15, 0.2) is 15.0 Å². The summed E-state index contributed by atoms with van der Waals surface area (Å²) in [5.74, 6) is -0.483. The van der Waals surface area contributed by atoms with Crippen molar-refractivity contribution in [3.8, 4) is 0 Å². The second-order valence-corrected chi connectivity index (χ2v) is 9.67. The van der Waals surface area contributed by atoms with Gasteiger partial charge in [-0.2, -0.15) is 0 Å². The molecule has 3 rings (SSSR count). The average Bonchev–Trinajstić information content (AvgIpc) is 2.98.